The van der Waals surface area contributed by atoms with Crippen molar-refractivity contribution in [3.05, 3.63) is 24.3 Å². The second-order valence-corrected chi connectivity index (χ2v) is 10.3. The van der Waals surface area contributed by atoms with Crippen LogP contribution in [0.15, 0.2) is 24.3 Å². The van der Waals surface area contributed by atoms with E-state index in [2.05, 4.69) is 28.0 Å². The molecule has 2 heterocycles. The minimum atomic E-state index is -0.914. The van der Waals surface area contributed by atoms with Crippen molar-refractivity contribution >= 4 is 29.9 Å². The summed E-state index contributed by atoms with van der Waals surface area (Å²) < 4.78 is 6.33. The standard InChI is InChI=1S/C26H37N3O5.ClH/c30-22-16-19-20(17-23(22)31)26(33)29(25(19)32)11-5-10-27-12-14-28(15-13-27)21-8-3-4-9-24(21)34-18-6-1-2-7-18;/h3-4,8-9,18-20,22-23,30-31H,1-2,5-7,10-17H2;1H. The number of halogens is 1. The molecule has 2 aliphatic carbocycles. The van der Waals surface area contributed by atoms with Crippen molar-refractivity contribution in [3.8, 4) is 5.75 Å². The molecule has 5 rings (SSSR count). The molecule has 0 bridgehead atoms. The van der Waals surface area contributed by atoms with E-state index in [4.69, 9.17) is 4.74 Å². The van der Waals surface area contributed by atoms with Crippen molar-refractivity contribution in [2.24, 2.45) is 11.8 Å². The number of hydrogen-bond donors (Lipinski definition) is 2. The Labute approximate surface area is 213 Å². The molecule has 0 aromatic heterocycles. The topological polar surface area (TPSA) is 93.5 Å². The summed E-state index contributed by atoms with van der Waals surface area (Å²) in [6.45, 7) is 4.96. The first-order valence-corrected chi connectivity index (χ1v) is 13.0. The van der Waals surface area contributed by atoms with Crippen LogP contribution in [0.1, 0.15) is 44.9 Å². The summed E-state index contributed by atoms with van der Waals surface area (Å²) in [6, 6.07) is 8.35. The molecule has 4 atom stereocenters. The molecule has 4 unspecified atom stereocenters. The molecule has 1 aromatic carbocycles. The van der Waals surface area contributed by atoms with E-state index in [9.17, 15) is 19.8 Å². The zero-order chi connectivity index (χ0) is 23.7. The van der Waals surface area contributed by atoms with Crippen LogP contribution >= 0.6 is 12.4 Å². The van der Waals surface area contributed by atoms with Crippen molar-refractivity contribution in [2.45, 2.75) is 63.3 Å². The van der Waals surface area contributed by atoms with Gasteiger partial charge in [0.25, 0.3) is 0 Å². The minimum Gasteiger partial charge on any atom is -0.488 e. The van der Waals surface area contributed by atoms with Gasteiger partial charge < -0.3 is 19.8 Å². The monoisotopic (exact) mass is 507 g/mol. The van der Waals surface area contributed by atoms with Gasteiger partial charge in [-0.3, -0.25) is 19.4 Å². The third-order valence-electron chi connectivity index (χ3n) is 8.12. The number of aliphatic hydroxyl groups is 2. The fourth-order valence-electron chi connectivity index (χ4n) is 6.11. The SMILES string of the molecule is Cl.O=C1C2CC(O)C(O)CC2C(=O)N1CCCN1CCN(c2ccccc2OC2CCCC2)CC1. The maximum atomic E-state index is 12.7. The number of likely N-dealkylation sites (tertiary alicyclic amines) is 1. The Morgan fingerprint density at radius 1 is 0.857 bits per heavy atom. The molecule has 35 heavy (non-hydrogen) atoms. The number of rotatable bonds is 7. The largest absolute Gasteiger partial charge is 0.488 e. The van der Waals surface area contributed by atoms with Crippen LogP contribution in [0, 0.1) is 11.8 Å². The Balaban J connectivity index is 0.00000289. The fourth-order valence-corrected chi connectivity index (χ4v) is 6.11. The predicted molar refractivity (Wildman–Crippen MR) is 135 cm³/mol. The van der Waals surface area contributed by atoms with E-state index in [0.29, 0.717) is 12.6 Å². The molecule has 2 N–H and O–H groups in total. The summed E-state index contributed by atoms with van der Waals surface area (Å²) in [4.78, 5) is 31.6. The number of aliphatic hydroxyl groups excluding tert-OH is 2. The molecular weight excluding hydrogens is 470 g/mol. The Kier molecular flexibility index (Phi) is 8.58. The smallest absolute Gasteiger partial charge is 0.233 e. The van der Waals surface area contributed by atoms with Gasteiger partial charge in [0.1, 0.15) is 5.75 Å². The zero-order valence-electron chi connectivity index (χ0n) is 20.3. The average Bonchev–Trinajstić information content (AvgIpc) is 3.43. The Morgan fingerprint density at radius 2 is 1.46 bits per heavy atom. The first kappa shape index (κ1) is 26.2. The van der Waals surface area contributed by atoms with Crippen LogP contribution in [-0.4, -0.2) is 89.4 Å². The second-order valence-electron chi connectivity index (χ2n) is 10.3. The quantitative estimate of drug-likeness (QED) is 0.545. The Bertz CT molecular complexity index is 859. The number of anilines is 1. The van der Waals surface area contributed by atoms with E-state index in [1.165, 1.54) is 23.4 Å². The number of ether oxygens (including phenoxy) is 1. The fraction of sp³-hybridized carbons (Fsp3) is 0.692. The van der Waals surface area contributed by atoms with Gasteiger partial charge in [0.05, 0.1) is 35.8 Å². The van der Waals surface area contributed by atoms with Crippen molar-refractivity contribution in [1.29, 1.82) is 0 Å². The number of piperazine rings is 1. The number of para-hydroxylation sites is 2. The normalized spacial score (nSPS) is 29.9. The van der Waals surface area contributed by atoms with Crippen LogP contribution in [0.4, 0.5) is 5.69 Å². The average molecular weight is 508 g/mol. The molecule has 2 amide bonds. The summed E-state index contributed by atoms with van der Waals surface area (Å²) in [5, 5.41) is 19.8. The Hall–Kier alpha value is -1.87. The number of nitrogens with zero attached hydrogens (tertiary/aromatic N) is 3. The van der Waals surface area contributed by atoms with Crippen LogP contribution in [0.5, 0.6) is 5.75 Å². The number of benzene rings is 1. The molecule has 4 aliphatic rings. The van der Waals surface area contributed by atoms with E-state index in [-0.39, 0.29) is 37.1 Å². The van der Waals surface area contributed by atoms with E-state index < -0.39 is 24.0 Å². The second kappa shape index (κ2) is 11.5. The number of carbonyl (C=O) groups excluding carboxylic acids is 2. The van der Waals surface area contributed by atoms with Gasteiger partial charge in [-0.1, -0.05) is 12.1 Å². The van der Waals surface area contributed by atoms with Crippen LogP contribution in [0.25, 0.3) is 0 Å². The van der Waals surface area contributed by atoms with Crippen LogP contribution in [0.2, 0.25) is 0 Å². The number of hydrogen-bond acceptors (Lipinski definition) is 7. The number of amides is 2. The molecule has 1 aromatic rings. The summed E-state index contributed by atoms with van der Waals surface area (Å²) in [7, 11) is 0. The van der Waals surface area contributed by atoms with Gasteiger partial charge in [-0.05, 0) is 63.6 Å². The maximum absolute atomic E-state index is 12.7. The van der Waals surface area contributed by atoms with E-state index in [0.717, 1.165) is 57.7 Å². The van der Waals surface area contributed by atoms with Gasteiger partial charge in [-0.25, -0.2) is 0 Å². The van der Waals surface area contributed by atoms with Crippen LogP contribution < -0.4 is 9.64 Å². The maximum Gasteiger partial charge on any atom is 0.233 e. The first-order valence-electron chi connectivity index (χ1n) is 13.0. The third-order valence-corrected chi connectivity index (χ3v) is 8.12. The lowest BCUT2D eigenvalue weighted by atomic mass is 9.78. The van der Waals surface area contributed by atoms with Gasteiger partial charge in [-0.15, -0.1) is 12.4 Å². The highest BCUT2D eigenvalue weighted by atomic mass is 35.5. The molecule has 0 radical (unpaired) electrons. The third kappa shape index (κ3) is 5.61. The van der Waals surface area contributed by atoms with Crippen LogP contribution in [-0.2, 0) is 9.59 Å². The summed E-state index contributed by atoms with van der Waals surface area (Å²) in [5.41, 5.74) is 1.18. The molecule has 194 valence electrons. The van der Waals surface area contributed by atoms with Crippen LogP contribution in [0.3, 0.4) is 0 Å². The van der Waals surface area contributed by atoms with Gasteiger partial charge in [0, 0.05) is 32.7 Å². The van der Waals surface area contributed by atoms with Gasteiger partial charge >= 0.3 is 0 Å². The molecule has 2 saturated carbocycles. The predicted octanol–water partition coefficient (Wildman–Crippen LogP) is 2.06. The highest BCUT2D eigenvalue weighted by Gasteiger charge is 2.51. The molecule has 4 fully saturated rings. The van der Waals surface area contributed by atoms with E-state index >= 15 is 0 Å². The van der Waals surface area contributed by atoms with Crippen molar-refractivity contribution < 1.29 is 24.5 Å². The van der Waals surface area contributed by atoms with Crippen molar-refractivity contribution in [2.75, 3.05) is 44.2 Å². The van der Waals surface area contributed by atoms with Gasteiger partial charge in [-0.2, -0.15) is 0 Å². The van der Waals surface area contributed by atoms with E-state index in [1.54, 1.807) is 0 Å². The van der Waals surface area contributed by atoms with Gasteiger partial charge in [0.2, 0.25) is 11.8 Å². The van der Waals surface area contributed by atoms with Crippen molar-refractivity contribution in [1.82, 2.24) is 9.80 Å². The van der Waals surface area contributed by atoms with Crippen molar-refractivity contribution in [3.63, 3.8) is 0 Å². The summed E-state index contributed by atoms with van der Waals surface area (Å²) in [6.07, 6.45) is 4.42. The minimum absolute atomic E-state index is 0. The lowest BCUT2D eigenvalue weighted by Crippen LogP contribution is -2.47. The molecule has 2 saturated heterocycles. The molecule has 0 spiro atoms. The zero-order valence-corrected chi connectivity index (χ0v) is 21.1. The van der Waals surface area contributed by atoms with Gasteiger partial charge in [0.15, 0.2) is 0 Å². The molecular formula is C26H38ClN3O5. The molecule has 9 heteroatoms. The number of fused-ring (bicyclic) bond motifs is 1. The Morgan fingerprint density at radius 3 is 2.09 bits per heavy atom. The van der Waals surface area contributed by atoms with E-state index in [1.807, 2.05) is 6.07 Å². The summed E-state index contributed by atoms with van der Waals surface area (Å²) in [5.74, 6) is -0.304. The highest BCUT2D eigenvalue weighted by Crippen LogP contribution is 2.38. The molecule has 2 aliphatic heterocycles. The first-order chi connectivity index (χ1) is 16.5. The lowest BCUT2D eigenvalue weighted by molar-refractivity contribution is -0.140. The molecule has 8 nitrogen and oxygen atoms in total. The lowest BCUT2D eigenvalue weighted by Gasteiger charge is -2.37. The summed E-state index contributed by atoms with van der Waals surface area (Å²) >= 11 is 0. The highest BCUT2D eigenvalue weighted by molar-refractivity contribution is 6.05. The number of imide groups is 1. The number of carbonyl (C=O) groups is 2.